The molecule has 0 aliphatic heterocycles. The molecule has 0 radical (unpaired) electrons. The van der Waals surface area contributed by atoms with E-state index in [1.165, 1.54) is 12.8 Å². The monoisotopic (exact) mass is 192 g/mol. The van der Waals surface area contributed by atoms with Crippen molar-refractivity contribution in [1.29, 1.82) is 0 Å². The van der Waals surface area contributed by atoms with Crippen molar-refractivity contribution in [3.8, 4) is 11.5 Å². The van der Waals surface area contributed by atoms with Crippen LogP contribution in [0.5, 0.6) is 0 Å². The summed E-state index contributed by atoms with van der Waals surface area (Å²) in [5.41, 5.74) is 6.14. The SMILES string of the molecule is C=C=CCCCCC#C[Si](C)(C)C. The fourth-order valence-corrected chi connectivity index (χ4v) is 1.54. The molecule has 0 rings (SSSR count). The number of hydrogen-bond acceptors (Lipinski definition) is 0. The lowest BCUT2D eigenvalue weighted by atomic mass is 10.2. The third-order valence-electron chi connectivity index (χ3n) is 1.51. The van der Waals surface area contributed by atoms with Gasteiger partial charge in [-0.2, -0.15) is 0 Å². The molecule has 0 saturated carbocycles. The van der Waals surface area contributed by atoms with Crippen LogP contribution in [-0.2, 0) is 0 Å². The topological polar surface area (TPSA) is 0 Å². The quantitative estimate of drug-likeness (QED) is 0.275. The molecule has 0 N–H and O–H groups in total. The molecule has 72 valence electrons. The van der Waals surface area contributed by atoms with Crippen molar-refractivity contribution in [3.63, 3.8) is 0 Å². The van der Waals surface area contributed by atoms with Crippen molar-refractivity contribution in [1.82, 2.24) is 0 Å². The molecule has 0 saturated heterocycles. The lowest BCUT2D eigenvalue weighted by molar-refractivity contribution is 0.772. The van der Waals surface area contributed by atoms with Crippen LogP contribution in [0.15, 0.2) is 18.4 Å². The first-order valence-corrected chi connectivity index (χ1v) is 8.40. The van der Waals surface area contributed by atoms with E-state index in [4.69, 9.17) is 0 Å². The Morgan fingerprint density at radius 3 is 2.46 bits per heavy atom. The first-order valence-electron chi connectivity index (χ1n) is 4.90. The number of unbranched alkanes of at least 4 members (excludes halogenated alkanes) is 3. The number of hydrogen-bond donors (Lipinski definition) is 0. The maximum Gasteiger partial charge on any atom is 0.129 e. The van der Waals surface area contributed by atoms with Gasteiger partial charge in [-0.05, 0) is 25.3 Å². The Hall–Kier alpha value is -0.703. The fourth-order valence-electron chi connectivity index (χ4n) is 0.890. The molecule has 0 aromatic carbocycles. The van der Waals surface area contributed by atoms with Crippen molar-refractivity contribution in [2.45, 2.75) is 45.3 Å². The molecule has 13 heavy (non-hydrogen) atoms. The molecule has 0 atom stereocenters. The minimum Gasteiger partial charge on any atom is -0.133 e. The molecule has 0 aliphatic carbocycles. The van der Waals surface area contributed by atoms with Crippen LogP contribution in [0, 0.1) is 11.5 Å². The van der Waals surface area contributed by atoms with E-state index < -0.39 is 8.07 Å². The lowest BCUT2D eigenvalue weighted by Crippen LogP contribution is -2.16. The van der Waals surface area contributed by atoms with Crippen LogP contribution in [-0.4, -0.2) is 8.07 Å². The van der Waals surface area contributed by atoms with Crippen molar-refractivity contribution in [3.05, 3.63) is 18.4 Å². The maximum absolute atomic E-state index is 3.52. The van der Waals surface area contributed by atoms with Gasteiger partial charge in [-0.25, -0.2) is 0 Å². The summed E-state index contributed by atoms with van der Waals surface area (Å²) in [5.74, 6) is 3.26. The normalized spacial score (nSPS) is 9.77. The third-order valence-corrected chi connectivity index (χ3v) is 2.43. The van der Waals surface area contributed by atoms with Crippen LogP contribution in [0.3, 0.4) is 0 Å². The minimum atomic E-state index is -1.12. The largest absolute Gasteiger partial charge is 0.133 e. The minimum absolute atomic E-state index is 1.05. The van der Waals surface area contributed by atoms with Gasteiger partial charge in [0.15, 0.2) is 0 Å². The zero-order valence-corrected chi connectivity index (χ0v) is 10.1. The molecule has 0 unspecified atom stereocenters. The summed E-state index contributed by atoms with van der Waals surface area (Å²) in [6.07, 6.45) is 6.55. The highest BCUT2D eigenvalue weighted by molar-refractivity contribution is 6.83. The van der Waals surface area contributed by atoms with Gasteiger partial charge in [0.2, 0.25) is 0 Å². The molecule has 0 nitrogen and oxygen atoms in total. The van der Waals surface area contributed by atoms with Crippen LogP contribution in [0.25, 0.3) is 0 Å². The molecule has 0 spiro atoms. The van der Waals surface area contributed by atoms with E-state index in [0.717, 1.165) is 12.8 Å². The van der Waals surface area contributed by atoms with E-state index in [9.17, 15) is 0 Å². The molecule has 0 fully saturated rings. The predicted octanol–water partition coefficient (Wildman–Crippen LogP) is 3.77. The first kappa shape index (κ1) is 12.3. The van der Waals surface area contributed by atoms with Crippen molar-refractivity contribution in [2.75, 3.05) is 0 Å². The van der Waals surface area contributed by atoms with E-state index in [1.807, 2.05) is 6.08 Å². The molecular formula is C12H20Si. The van der Waals surface area contributed by atoms with E-state index in [1.54, 1.807) is 0 Å². The molecule has 0 aromatic rings. The Bertz CT molecular complexity index is 228. The Morgan fingerprint density at radius 2 is 1.92 bits per heavy atom. The average Bonchev–Trinajstić information content (AvgIpc) is 2.01. The van der Waals surface area contributed by atoms with Gasteiger partial charge in [0.1, 0.15) is 8.07 Å². The predicted molar refractivity (Wildman–Crippen MR) is 63.3 cm³/mol. The summed E-state index contributed by atoms with van der Waals surface area (Å²) in [6.45, 7) is 10.4. The van der Waals surface area contributed by atoms with Crippen LogP contribution < -0.4 is 0 Å². The lowest BCUT2D eigenvalue weighted by Gasteiger charge is -2.02. The van der Waals surface area contributed by atoms with Gasteiger partial charge in [-0.1, -0.05) is 26.2 Å². The van der Waals surface area contributed by atoms with E-state index in [0.29, 0.717) is 0 Å². The van der Waals surface area contributed by atoms with Gasteiger partial charge in [-0.15, -0.1) is 17.2 Å². The second-order valence-electron chi connectivity index (χ2n) is 4.21. The highest BCUT2D eigenvalue weighted by Crippen LogP contribution is 2.01. The van der Waals surface area contributed by atoms with Crippen molar-refractivity contribution < 1.29 is 0 Å². The second kappa shape index (κ2) is 6.77. The van der Waals surface area contributed by atoms with Crippen LogP contribution >= 0.6 is 0 Å². The van der Waals surface area contributed by atoms with E-state index >= 15 is 0 Å². The number of rotatable bonds is 4. The summed E-state index contributed by atoms with van der Waals surface area (Å²) >= 11 is 0. The smallest absolute Gasteiger partial charge is 0.129 e. The van der Waals surface area contributed by atoms with Crippen molar-refractivity contribution >= 4 is 8.07 Å². The maximum atomic E-state index is 3.52. The molecule has 0 aromatic heterocycles. The number of allylic oxidation sites excluding steroid dienone is 1. The second-order valence-corrected chi connectivity index (χ2v) is 8.96. The molecule has 1 heteroatoms. The first-order chi connectivity index (χ1) is 6.06. The highest BCUT2D eigenvalue weighted by Gasteiger charge is 2.06. The summed E-state index contributed by atoms with van der Waals surface area (Å²) in [7, 11) is -1.12. The van der Waals surface area contributed by atoms with Crippen molar-refractivity contribution in [2.24, 2.45) is 0 Å². The molecule has 0 bridgehead atoms. The Kier molecular flexibility index (Phi) is 6.41. The van der Waals surface area contributed by atoms with Crippen LogP contribution in [0.1, 0.15) is 25.7 Å². The highest BCUT2D eigenvalue weighted by atomic mass is 28.3. The van der Waals surface area contributed by atoms with Gasteiger partial charge in [0.05, 0.1) is 0 Å². The zero-order valence-electron chi connectivity index (χ0n) is 9.11. The Balaban J connectivity index is 3.44. The van der Waals surface area contributed by atoms with E-state index in [2.05, 4.69) is 43.4 Å². The summed E-state index contributed by atoms with van der Waals surface area (Å²) < 4.78 is 0. The van der Waals surface area contributed by atoms with E-state index in [-0.39, 0.29) is 0 Å². The van der Waals surface area contributed by atoms with Crippen LogP contribution in [0.4, 0.5) is 0 Å². The van der Waals surface area contributed by atoms with Gasteiger partial charge in [-0.3, -0.25) is 0 Å². The summed E-state index contributed by atoms with van der Waals surface area (Å²) in [6, 6.07) is 0. The van der Waals surface area contributed by atoms with Gasteiger partial charge in [0.25, 0.3) is 0 Å². The van der Waals surface area contributed by atoms with Gasteiger partial charge >= 0.3 is 0 Å². The molecule has 0 aliphatic rings. The summed E-state index contributed by atoms with van der Waals surface area (Å²) in [4.78, 5) is 0. The summed E-state index contributed by atoms with van der Waals surface area (Å²) in [5, 5.41) is 0. The van der Waals surface area contributed by atoms with Crippen LogP contribution in [0.2, 0.25) is 19.6 Å². The molecule has 0 heterocycles. The third kappa shape index (κ3) is 11.3. The standard InChI is InChI=1S/C12H20Si/c1-5-6-7-8-9-10-11-12-13(2,3)4/h6H,1,7-10H2,2-4H3. The average molecular weight is 192 g/mol. The molecular weight excluding hydrogens is 172 g/mol. The Morgan fingerprint density at radius 1 is 1.23 bits per heavy atom. The molecule has 0 amide bonds. The Labute approximate surface area is 83.8 Å². The zero-order chi connectivity index (χ0) is 10.2. The van der Waals surface area contributed by atoms with Gasteiger partial charge in [0, 0.05) is 6.42 Å². The fraction of sp³-hybridized carbons (Fsp3) is 0.583. The van der Waals surface area contributed by atoms with Gasteiger partial charge < -0.3 is 0 Å².